The molecule has 154 valence electrons. The number of amides is 1. The van der Waals surface area contributed by atoms with Crippen LogP contribution in [0.4, 0.5) is 5.82 Å². The van der Waals surface area contributed by atoms with E-state index in [2.05, 4.69) is 16.4 Å². The molecule has 1 aliphatic heterocycles. The minimum atomic E-state index is -0.211. The second kappa shape index (κ2) is 9.28. The molecule has 0 atom stereocenters. The number of hydrogen-bond acceptors (Lipinski definition) is 4. The predicted molar refractivity (Wildman–Crippen MR) is 120 cm³/mol. The number of carbonyl (C=O) groups excluding carboxylic acids is 1. The van der Waals surface area contributed by atoms with Gasteiger partial charge in [0, 0.05) is 31.5 Å². The first kappa shape index (κ1) is 20.4. The Balaban J connectivity index is 1.53. The van der Waals surface area contributed by atoms with Gasteiger partial charge in [-0.15, -0.1) is 0 Å². The van der Waals surface area contributed by atoms with E-state index in [9.17, 15) is 4.79 Å². The van der Waals surface area contributed by atoms with Crippen molar-refractivity contribution in [1.82, 2.24) is 10.3 Å². The van der Waals surface area contributed by atoms with Crippen LogP contribution in [0.25, 0.3) is 11.1 Å². The Hall–Kier alpha value is -2.89. The van der Waals surface area contributed by atoms with Gasteiger partial charge in [0.05, 0.1) is 10.6 Å². The second-order valence-corrected chi connectivity index (χ2v) is 7.86. The van der Waals surface area contributed by atoms with Gasteiger partial charge in [0.25, 0.3) is 5.91 Å². The van der Waals surface area contributed by atoms with Crippen LogP contribution in [0.15, 0.2) is 60.8 Å². The summed E-state index contributed by atoms with van der Waals surface area (Å²) < 4.78 is 5.46. The highest BCUT2D eigenvalue weighted by Gasteiger charge is 2.19. The van der Waals surface area contributed by atoms with E-state index in [-0.39, 0.29) is 5.91 Å². The molecular formula is C24H24ClN3O2. The minimum Gasteiger partial charge on any atom is -0.383 e. The number of rotatable bonds is 5. The highest BCUT2D eigenvalue weighted by molar-refractivity contribution is 6.34. The monoisotopic (exact) mass is 421 g/mol. The van der Waals surface area contributed by atoms with E-state index in [1.54, 1.807) is 12.1 Å². The van der Waals surface area contributed by atoms with Gasteiger partial charge in [-0.2, -0.15) is 0 Å². The Bertz CT molecular complexity index is 1030. The van der Waals surface area contributed by atoms with E-state index >= 15 is 0 Å². The average Bonchev–Trinajstić information content (AvgIpc) is 2.79. The average molecular weight is 422 g/mol. The van der Waals surface area contributed by atoms with Crippen molar-refractivity contribution in [3.8, 4) is 11.1 Å². The van der Waals surface area contributed by atoms with Crippen molar-refractivity contribution in [2.24, 2.45) is 0 Å². The van der Waals surface area contributed by atoms with Gasteiger partial charge in [-0.1, -0.05) is 48.0 Å². The largest absolute Gasteiger partial charge is 0.383 e. The molecule has 1 amide bonds. The first-order chi connectivity index (χ1) is 14.6. The fourth-order valence-corrected chi connectivity index (χ4v) is 3.98. The van der Waals surface area contributed by atoms with Crippen molar-refractivity contribution in [3.05, 3.63) is 82.5 Å². The number of carbonyl (C=O) groups is 1. The van der Waals surface area contributed by atoms with Gasteiger partial charge in [0.2, 0.25) is 0 Å². The summed E-state index contributed by atoms with van der Waals surface area (Å²) in [6.45, 7) is 1.98. The summed E-state index contributed by atoms with van der Waals surface area (Å²) in [6, 6.07) is 17.2. The number of halogens is 1. The quantitative estimate of drug-likeness (QED) is 0.619. The summed E-state index contributed by atoms with van der Waals surface area (Å²) in [4.78, 5) is 17.0. The molecule has 0 spiro atoms. The first-order valence-corrected chi connectivity index (χ1v) is 10.4. The number of nitrogens with two attached hydrogens (primary N) is 1. The van der Waals surface area contributed by atoms with Crippen LogP contribution >= 0.6 is 11.6 Å². The molecular weight excluding hydrogens is 398 g/mol. The number of nitrogen functional groups attached to an aromatic ring is 1. The zero-order chi connectivity index (χ0) is 20.9. The summed E-state index contributed by atoms with van der Waals surface area (Å²) in [5.74, 6) is 0.657. The molecule has 0 radical (unpaired) electrons. The summed E-state index contributed by atoms with van der Waals surface area (Å²) in [5.41, 5.74) is 10.4. The molecule has 2 heterocycles. The zero-order valence-corrected chi connectivity index (χ0v) is 17.4. The molecule has 3 aromatic rings. The predicted octanol–water partition coefficient (Wildman–Crippen LogP) is 4.81. The topological polar surface area (TPSA) is 77.2 Å². The molecule has 2 aromatic carbocycles. The third-order valence-electron chi connectivity index (χ3n) is 5.45. The Labute approximate surface area is 181 Å². The fourth-order valence-electron chi connectivity index (χ4n) is 3.72. The second-order valence-electron chi connectivity index (χ2n) is 7.45. The summed E-state index contributed by atoms with van der Waals surface area (Å²) in [7, 11) is 0. The number of benzene rings is 2. The molecule has 1 aromatic heterocycles. The first-order valence-electron chi connectivity index (χ1n) is 10.1. The maximum Gasteiger partial charge on any atom is 0.253 e. The van der Waals surface area contributed by atoms with Crippen LogP contribution in [0.5, 0.6) is 0 Å². The number of aromatic nitrogens is 1. The SMILES string of the molecule is Nc1ncc(C2CCOCC2)cc1-c1ccc(C(=O)NCc2ccccc2)c(Cl)c1. The Morgan fingerprint density at radius 2 is 1.90 bits per heavy atom. The standard InChI is InChI=1S/C24H24ClN3O2/c25-22-13-18(6-7-20(22)24(29)28-14-16-4-2-1-3-5-16)21-12-19(15-27-23(21)26)17-8-10-30-11-9-17/h1-7,12-13,15,17H,8-11,14H2,(H2,26,27)(H,28,29). The van der Waals surface area contributed by atoms with Crippen LogP contribution in [0.3, 0.4) is 0 Å². The summed E-state index contributed by atoms with van der Waals surface area (Å²) >= 11 is 6.46. The van der Waals surface area contributed by atoms with Crippen LogP contribution in [-0.4, -0.2) is 24.1 Å². The molecule has 3 N–H and O–H groups in total. The molecule has 5 nitrogen and oxygen atoms in total. The van der Waals surface area contributed by atoms with Crippen molar-refractivity contribution in [3.63, 3.8) is 0 Å². The van der Waals surface area contributed by atoms with Gasteiger partial charge in [0.1, 0.15) is 5.82 Å². The van der Waals surface area contributed by atoms with Gasteiger partial charge in [-0.25, -0.2) is 4.98 Å². The smallest absolute Gasteiger partial charge is 0.253 e. The molecule has 30 heavy (non-hydrogen) atoms. The van der Waals surface area contributed by atoms with Crippen LogP contribution in [0.1, 0.15) is 40.2 Å². The van der Waals surface area contributed by atoms with Gasteiger partial charge in [-0.3, -0.25) is 4.79 Å². The van der Waals surface area contributed by atoms with Crippen molar-refractivity contribution in [2.45, 2.75) is 25.3 Å². The molecule has 4 rings (SSSR count). The number of hydrogen-bond donors (Lipinski definition) is 2. The number of anilines is 1. The minimum absolute atomic E-state index is 0.211. The van der Waals surface area contributed by atoms with E-state index in [0.29, 0.717) is 28.9 Å². The number of nitrogens with zero attached hydrogens (tertiary/aromatic N) is 1. The van der Waals surface area contributed by atoms with Crippen LogP contribution in [-0.2, 0) is 11.3 Å². The maximum absolute atomic E-state index is 12.6. The maximum atomic E-state index is 12.6. The number of nitrogens with one attached hydrogen (secondary N) is 1. The van der Waals surface area contributed by atoms with Gasteiger partial charge >= 0.3 is 0 Å². The number of ether oxygens (including phenoxy) is 1. The van der Waals surface area contributed by atoms with Gasteiger partial charge in [-0.05, 0) is 53.6 Å². The van der Waals surface area contributed by atoms with E-state index in [4.69, 9.17) is 22.1 Å². The lowest BCUT2D eigenvalue weighted by molar-refractivity contribution is 0.0853. The van der Waals surface area contributed by atoms with Gasteiger partial charge in [0.15, 0.2) is 0 Å². The van der Waals surface area contributed by atoms with Crippen LogP contribution in [0, 0.1) is 0 Å². The Morgan fingerprint density at radius 3 is 2.63 bits per heavy atom. The highest BCUT2D eigenvalue weighted by atomic mass is 35.5. The molecule has 0 aliphatic carbocycles. The van der Waals surface area contributed by atoms with Crippen LogP contribution in [0.2, 0.25) is 5.02 Å². The van der Waals surface area contributed by atoms with Crippen molar-refractivity contribution in [2.75, 3.05) is 18.9 Å². The lowest BCUT2D eigenvalue weighted by atomic mass is 9.91. The summed E-state index contributed by atoms with van der Waals surface area (Å²) in [5, 5.41) is 3.29. The molecule has 1 saturated heterocycles. The third-order valence-corrected chi connectivity index (χ3v) is 5.77. The van der Waals surface area contributed by atoms with E-state index in [0.717, 1.165) is 48.3 Å². The van der Waals surface area contributed by atoms with Gasteiger partial charge < -0.3 is 15.8 Å². The number of pyridine rings is 1. The lowest BCUT2D eigenvalue weighted by Gasteiger charge is -2.23. The molecule has 1 aliphatic rings. The lowest BCUT2D eigenvalue weighted by Crippen LogP contribution is -2.23. The van der Waals surface area contributed by atoms with E-state index in [1.807, 2.05) is 42.6 Å². The summed E-state index contributed by atoms with van der Waals surface area (Å²) in [6.07, 6.45) is 3.81. The molecule has 0 unspecified atom stereocenters. The fraction of sp³-hybridized carbons (Fsp3) is 0.250. The van der Waals surface area contributed by atoms with Crippen molar-refractivity contribution in [1.29, 1.82) is 0 Å². The molecule has 6 heteroatoms. The molecule has 0 bridgehead atoms. The normalized spacial score (nSPS) is 14.4. The molecule has 1 fully saturated rings. The van der Waals surface area contributed by atoms with Crippen LogP contribution < -0.4 is 11.1 Å². The third kappa shape index (κ3) is 4.64. The van der Waals surface area contributed by atoms with Crippen molar-refractivity contribution >= 4 is 23.3 Å². The Kier molecular flexibility index (Phi) is 6.31. The van der Waals surface area contributed by atoms with Crippen molar-refractivity contribution < 1.29 is 9.53 Å². The zero-order valence-electron chi connectivity index (χ0n) is 16.6. The Morgan fingerprint density at radius 1 is 1.13 bits per heavy atom. The molecule has 0 saturated carbocycles. The van der Waals surface area contributed by atoms with E-state index < -0.39 is 0 Å². The van der Waals surface area contributed by atoms with E-state index in [1.165, 1.54) is 0 Å². The highest BCUT2D eigenvalue weighted by Crippen LogP contribution is 2.33.